The Hall–Kier alpha value is -2.62. The SMILES string of the molecule is CC(C)CNC(=O)C(C)N(Cc1ccccc1)C(=O)Cc1ccccc1. The van der Waals surface area contributed by atoms with Crippen LogP contribution >= 0.6 is 0 Å². The van der Waals surface area contributed by atoms with Crippen LogP contribution in [0.15, 0.2) is 60.7 Å². The second-order valence-electron chi connectivity index (χ2n) is 6.98. The molecule has 1 unspecified atom stereocenters. The molecule has 0 aliphatic heterocycles. The molecule has 0 aromatic heterocycles. The minimum atomic E-state index is -0.523. The van der Waals surface area contributed by atoms with E-state index < -0.39 is 6.04 Å². The molecule has 1 atom stereocenters. The van der Waals surface area contributed by atoms with Crippen molar-refractivity contribution >= 4 is 11.8 Å². The van der Waals surface area contributed by atoms with E-state index in [2.05, 4.69) is 5.32 Å². The van der Waals surface area contributed by atoms with Crippen molar-refractivity contribution in [2.75, 3.05) is 6.54 Å². The Morgan fingerprint density at radius 1 is 0.885 bits per heavy atom. The molecule has 2 rings (SSSR count). The number of amides is 2. The lowest BCUT2D eigenvalue weighted by atomic mass is 10.1. The van der Waals surface area contributed by atoms with Gasteiger partial charge >= 0.3 is 0 Å². The molecule has 138 valence electrons. The fourth-order valence-electron chi connectivity index (χ4n) is 2.69. The number of nitrogens with zero attached hydrogens (tertiary/aromatic N) is 1. The Morgan fingerprint density at radius 2 is 1.42 bits per heavy atom. The number of rotatable bonds is 8. The average molecular weight is 352 g/mol. The standard InChI is InChI=1S/C22H28N2O2/c1-17(2)15-23-22(26)18(3)24(16-20-12-8-5-9-13-20)21(25)14-19-10-6-4-7-11-19/h4-13,17-18H,14-16H2,1-3H3,(H,23,26). The van der Waals surface area contributed by atoms with Crippen LogP contribution in [0, 0.1) is 5.92 Å². The van der Waals surface area contributed by atoms with Crippen LogP contribution in [0.4, 0.5) is 0 Å². The maximum absolute atomic E-state index is 12.9. The highest BCUT2D eigenvalue weighted by atomic mass is 16.2. The molecule has 4 heteroatoms. The molecule has 0 saturated heterocycles. The molecule has 0 saturated carbocycles. The first-order valence-corrected chi connectivity index (χ1v) is 9.12. The van der Waals surface area contributed by atoms with Gasteiger partial charge in [0.15, 0.2) is 0 Å². The molecule has 0 spiro atoms. The Morgan fingerprint density at radius 3 is 1.96 bits per heavy atom. The zero-order valence-electron chi connectivity index (χ0n) is 15.8. The van der Waals surface area contributed by atoms with Gasteiger partial charge in [-0.2, -0.15) is 0 Å². The number of nitrogens with one attached hydrogen (secondary N) is 1. The van der Waals surface area contributed by atoms with Crippen LogP contribution in [0.5, 0.6) is 0 Å². The van der Waals surface area contributed by atoms with Crippen LogP contribution in [-0.4, -0.2) is 29.3 Å². The summed E-state index contributed by atoms with van der Waals surface area (Å²) in [6.45, 7) is 6.92. The monoisotopic (exact) mass is 352 g/mol. The first-order chi connectivity index (χ1) is 12.5. The lowest BCUT2D eigenvalue weighted by Gasteiger charge is -2.29. The molecule has 0 aliphatic carbocycles. The van der Waals surface area contributed by atoms with Gasteiger partial charge in [0.25, 0.3) is 0 Å². The summed E-state index contributed by atoms with van der Waals surface area (Å²) in [6, 6.07) is 18.9. The molecule has 4 nitrogen and oxygen atoms in total. The van der Waals surface area contributed by atoms with Gasteiger partial charge in [-0.15, -0.1) is 0 Å². The fourth-order valence-corrected chi connectivity index (χ4v) is 2.69. The van der Waals surface area contributed by atoms with Gasteiger partial charge in [-0.25, -0.2) is 0 Å². The van der Waals surface area contributed by atoms with Crippen molar-refractivity contribution in [3.63, 3.8) is 0 Å². The van der Waals surface area contributed by atoms with Crippen LogP contribution in [0.1, 0.15) is 31.9 Å². The highest BCUT2D eigenvalue weighted by molar-refractivity contribution is 5.88. The number of hydrogen-bond donors (Lipinski definition) is 1. The molecule has 2 amide bonds. The molecule has 0 bridgehead atoms. The van der Waals surface area contributed by atoms with E-state index in [4.69, 9.17) is 0 Å². The number of carbonyl (C=O) groups excluding carboxylic acids is 2. The summed E-state index contributed by atoms with van der Waals surface area (Å²) >= 11 is 0. The second kappa shape index (κ2) is 9.76. The largest absolute Gasteiger partial charge is 0.354 e. The van der Waals surface area contributed by atoms with Crippen molar-refractivity contribution in [3.05, 3.63) is 71.8 Å². The molecular weight excluding hydrogens is 324 g/mol. The molecule has 0 fully saturated rings. The van der Waals surface area contributed by atoms with Crippen molar-refractivity contribution in [2.45, 2.75) is 39.8 Å². The van der Waals surface area contributed by atoms with E-state index >= 15 is 0 Å². The number of benzene rings is 2. The van der Waals surface area contributed by atoms with Crippen molar-refractivity contribution in [3.8, 4) is 0 Å². The molecule has 0 radical (unpaired) electrons. The van der Waals surface area contributed by atoms with Crippen molar-refractivity contribution in [1.82, 2.24) is 10.2 Å². The van der Waals surface area contributed by atoms with Gasteiger partial charge in [0.2, 0.25) is 11.8 Å². The minimum Gasteiger partial charge on any atom is -0.354 e. The summed E-state index contributed by atoms with van der Waals surface area (Å²) in [4.78, 5) is 27.1. The minimum absolute atomic E-state index is 0.0488. The summed E-state index contributed by atoms with van der Waals surface area (Å²) < 4.78 is 0. The van der Waals surface area contributed by atoms with Crippen LogP contribution in [0.3, 0.4) is 0 Å². The van der Waals surface area contributed by atoms with Gasteiger partial charge in [0.05, 0.1) is 6.42 Å². The molecule has 0 heterocycles. The summed E-state index contributed by atoms with van der Waals surface area (Å²) in [5, 5.41) is 2.93. The molecule has 2 aromatic rings. The van der Waals surface area contributed by atoms with Crippen LogP contribution < -0.4 is 5.32 Å². The molecule has 1 N–H and O–H groups in total. The third kappa shape index (κ3) is 6.03. The number of hydrogen-bond acceptors (Lipinski definition) is 2. The Labute approximate surface area is 156 Å². The third-order valence-corrected chi connectivity index (χ3v) is 4.25. The highest BCUT2D eigenvalue weighted by Crippen LogP contribution is 2.12. The van der Waals surface area contributed by atoms with E-state index in [0.717, 1.165) is 11.1 Å². The first kappa shape index (κ1) is 19.7. The molecule has 2 aromatic carbocycles. The maximum atomic E-state index is 12.9. The van der Waals surface area contributed by atoms with Crippen molar-refractivity contribution in [2.24, 2.45) is 5.92 Å². The van der Waals surface area contributed by atoms with Crippen molar-refractivity contribution < 1.29 is 9.59 Å². The third-order valence-electron chi connectivity index (χ3n) is 4.25. The van der Waals surface area contributed by atoms with Crippen LogP contribution in [0.25, 0.3) is 0 Å². The van der Waals surface area contributed by atoms with E-state index in [1.807, 2.05) is 74.5 Å². The normalized spacial score (nSPS) is 11.8. The van der Waals surface area contributed by atoms with E-state index in [1.54, 1.807) is 11.8 Å². The van der Waals surface area contributed by atoms with Crippen LogP contribution in [-0.2, 0) is 22.6 Å². The van der Waals surface area contributed by atoms with Gasteiger partial charge < -0.3 is 10.2 Å². The van der Waals surface area contributed by atoms with E-state index in [9.17, 15) is 9.59 Å². The first-order valence-electron chi connectivity index (χ1n) is 9.12. The highest BCUT2D eigenvalue weighted by Gasteiger charge is 2.26. The van der Waals surface area contributed by atoms with Crippen LogP contribution in [0.2, 0.25) is 0 Å². The fraction of sp³-hybridized carbons (Fsp3) is 0.364. The second-order valence-corrected chi connectivity index (χ2v) is 6.98. The summed E-state index contributed by atoms with van der Waals surface area (Å²) in [6.07, 6.45) is 0.287. The van der Waals surface area contributed by atoms with Gasteiger partial charge in [-0.1, -0.05) is 74.5 Å². The zero-order chi connectivity index (χ0) is 18.9. The maximum Gasteiger partial charge on any atom is 0.242 e. The smallest absolute Gasteiger partial charge is 0.242 e. The Kier molecular flexibility index (Phi) is 7.39. The van der Waals surface area contributed by atoms with E-state index in [1.165, 1.54) is 0 Å². The summed E-state index contributed by atoms with van der Waals surface area (Å²) in [7, 11) is 0. The molecule has 0 aliphatic rings. The lowest BCUT2D eigenvalue weighted by molar-refractivity contribution is -0.140. The topological polar surface area (TPSA) is 49.4 Å². The number of carbonyl (C=O) groups is 2. The average Bonchev–Trinajstić information content (AvgIpc) is 2.65. The predicted octanol–water partition coefficient (Wildman–Crippen LogP) is 3.42. The summed E-state index contributed by atoms with van der Waals surface area (Å²) in [5.74, 6) is 0.206. The predicted molar refractivity (Wildman–Crippen MR) is 104 cm³/mol. The zero-order valence-corrected chi connectivity index (χ0v) is 15.8. The van der Waals surface area contributed by atoms with E-state index in [-0.39, 0.29) is 18.2 Å². The lowest BCUT2D eigenvalue weighted by Crippen LogP contribution is -2.48. The van der Waals surface area contributed by atoms with Gasteiger partial charge in [0.1, 0.15) is 6.04 Å². The van der Waals surface area contributed by atoms with Gasteiger partial charge in [-0.05, 0) is 24.0 Å². The van der Waals surface area contributed by atoms with Crippen molar-refractivity contribution in [1.29, 1.82) is 0 Å². The molecule has 26 heavy (non-hydrogen) atoms. The van der Waals surface area contributed by atoms with E-state index in [0.29, 0.717) is 19.0 Å². The quantitative estimate of drug-likeness (QED) is 0.791. The summed E-state index contributed by atoms with van der Waals surface area (Å²) in [5.41, 5.74) is 1.96. The molecular formula is C22H28N2O2. The Balaban J connectivity index is 2.14. The Bertz CT molecular complexity index is 699. The van der Waals surface area contributed by atoms with Gasteiger partial charge in [0, 0.05) is 13.1 Å². The van der Waals surface area contributed by atoms with Gasteiger partial charge in [-0.3, -0.25) is 9.59 Å².